The van der Waals surface area contributed by atoms with Crippen molar-refractivity contribution in [3.63, 3.8) is 0 Å². The van der Waals surface area contributed by atoms with Crippen LogP contribution in [0.15, 0.2) is 16.3 Å². The Morgan fingerprint density at radius 2 is 2.14 bits per heavy atom. The molecule has 1 saturated heterocycles. The van der Waals surface area contributed by atoms with Gasteiger partial charge in [0, 0.05) is 13.1 Å². The van der Waals surface area contributed by atoms with Crippen LogP contribution in [0.4, 0.5) is 0 Å². The highest BCUT2D eigenvalue weighted by Crippen LogP contribution is 2.29. The monoisotopic (exact) mass is 253 g/mol. The van der Waals surface area contributed by atoms with Gasteiger partial charge < -0.3 is 5.11 Å². The third-order valence-electron chi connectivity index (χ3n) is 1.97. The van der Waals surface area contributed by atoms with E-state index in [0.29, 0.717) is 4.34 Å². The molecule has 0 saturated carbocycles. The molecule has 0 radical (unpaired) electrons. The van der Waals surface area contributed by atoms with E-state index in [4.69, 9.17) is 16.7 Å². The first-order valence-corrected chi connectivity index (χ1v) is 6.57. The summed E-state index contributed by atoms with van der Waals surface area (Å²) in [7, 11) is -3.41. The minimum Gasteiger partial charge on any atom is -0.390 e. The molecule has 2 rings (SSSR count). The standard InChI is InChI=1S/C7H8ClNO3S2/c8-6-1-2-7(13-6)14(11,12)9-3-5(10)4-9/h1-2,5,10H,3-4H2. The molecule has 1 N–H and O–H groups in total. The zero-order valence-corrected chi connectivity index (χ0v) is 9.44. The zero-order valence-electron chi connectivity index (χ0n) is 7.05. The number of halogens is 1. The van der Waals surface area contributed by atoms with E-state index in [1.807, 2.05) is 0 Å². The van der Waals surface area contributed by atoms with Gasteiger partial charge >= 0.3 is 0 Å². The molecular weight excluding hydrogens is 246 g/mol. The first kappa shape index (κ1) is 10.4. The lowest BCUT2D eigenvalue weighted by Gasteiger charge is -2.33. The number of β-amino-alcohol motifs (C(OH)–C–C–N with tert-alkyl or cyclic N) is 1. The van der Waals surface area contributed by atoms with E-state index >= 15 is 0 Å². The second-order valence-corrected chi connectivity index (χ2v) is 6.91. The summed E-state index contributed by atoms with van der Waals surface area (Å²) < 4.78 is 25.4. The normalized spacial score (nSPS) is 19.6. The summed E-state index contributed by atoms with van der Waals surface area (Å²) in [6, 6.07) is 3.03. The number of aliphatic hydroxyl groups excluding tert-OH is 1. The van der Waals surface area contributed by atoms with Crippen LogP contribution in [0.2, 0.25) is 4.34 Å². The third kappa shape index (κ3) is 1.68. The van der Waals surface area contributed by atoms with Gasteiger partial charge in [0.1, 0.15) is 4.21 Å². The van der Waals surface area contributed by atoms with Crippen LogP contribution in [0.1, 0.15) is 0 Å². The van der Waals surface area contributed by atoms with Gasteiger partial charge in [-0.05, 0) is 12.1 Å². The lowest BCUT2D eigenvalue weighted by Crippen LogP contribution is -2.53. The van der Waals surface area contributed by atoms with Crippen LogP contribution in [0.25, 0.3) is 0 Å². The van der Waals surface area contributed by atoms with Crippen molar-refractivity contribution < 1.29 is 13.5 Å². The van der Waals surface area contributed by atoms with Crippen molar-refractivity contribution in [2.45, 2.75) is 10.3 Å². The summed E-state index contributed by atoms with van der Waals surface area (Å²) in [6.45, 7) is 0.357. The molecule has 14 heavy (non-hydrogen) atoms. The third-order valence-corrected chi connectivity index (χ3v) is 5.50. The van der Waals surface area contributed by atoms with Gasteiger partial charge in [-0.2, -0.15) is 4.31 Å². The van der Waals surface area contributed by atoms with Gasteiger partial charge in [-0.3, -0.25) is 0 Å². The molecule has 4 nitrogen and oxygen atoms in total. The molecule has 1 fully saturated rings. The van der Waals surface area contributed by atoms with E-state index in [0.717, 1.165) is 11.3 Å². The van der Waals surface area contributed by atoms with Crippen LogP contribution >= 0.6 is 22.9 Å². The second-order valence-electron chi connectivity index (χ2n) is 3.03. The lowest BCUT2D eigenvalue weighted by molar-refractivity contribution is 0.0549. The Morgan fingerprint density at radius 1 is 1.50 bits per heavy atom. The van der Waals surface area contributed by atoms with Crippen molar-refractivity contribution >= 4 is 33.0 Å². The Morgan fingerprint density at radius 3 is 2.57 bits per heavy atom. The van der Waals surface area contributed by atoms with Gasteiger partial charge in [0.25, 0.3) is 10.0 Å². The molecular formula is C7H8ClNO3S2. The van der Waals surface area contributed by atoms with Crippen LogP contribution in [0, 0.1) is 0 Å². The van der Waals surface area contributed by atoms with Crippen molar-refractivity contribution in [1.29, 1.82) is 0 Å². The first-order chi connectivity index (χ1) is 6.50. The maximum absolute atomic E-state index is 11.7. The maximum atomic E-state index is 11.7. The van der Waals surface area contributed by atoms with Gasteiger partial charge in [-0.15, -0.1) is 11.3 Å². The van der Waals surface area contributed by atoms with Crippen molar-refractivity contribution in [3.8, 4) is 0 Å². The quantitative estimate of drug-likeness (QED) is 0.847. The summed E-state index contributed by atoms with van der Waals surface area (Å²) in [4.78, 5) is 0. The molecule has 1 aliphatic rings. The minimum absolute atomic E-state index is 0.178. The highest BCUT2D eigenvalue weighted by molar-refractivity contribution is 7.91. The summed E-state index contributed by atoms with van der Waals surface area (Å²) in [6.07, 6.45) is -0.528. The van der Waals surface area contributed by atoms with Crippen molar-refractivity contribution in [2.75, 3.05) is 13.1 Å². The molecule has 0 aliphatic carbocycles. The van der Waals surface area contributed by atoms with Crippen LogP contribution < -0.4 is 0 Å². The average molecular weight is 254 g/mol. The van der Waals surface area contributed by atoms with Gasteiger partial charge in [0.2, 0.25) is 0 Å². The van der Waals surface area contributed by atoms with Gasteiger partial charge in [0.05, 0.1) is 10.4 Å². The summed E-state index contributed by atoms with van der Waals surface area (Å²) >= 11 is 6.67. The molecule has 7 heteroatoms. The number of hydrogen-bond acceptors (Lipinski definition) is 4. The molecule has 78 valence electrons. The maximum Gasteiger partial charge on any atom is 0.252 e. The molecule has 1 aromatic rings. The predicted octanol–water partition coefficient (Wildman–Crippen LogP) is 0.767. The predicted molar refractivity (Wildman–Crippen MR) is 54.1 cm³/mol. The molecule has 0 aromatic carbocycles. The van der Waals surface area contributed by atoms with E-state index in [9.17, 15) is 8.42 Å². The fourth-order valence-corrected chi connectivity index (χ4v) is 4.33. The van der Waals surface area contributed by atoms with Crippen molar-refractivity contribution in [1.82, 2.24) is 4.31 Å². The first-order valence-electron chi connectivity index (χ1n) is 3.94. The highest BCUT2D eigenvalue weighted by Gasteiger charge is 2.36. The largest absolute Gasteiger partial charge is 0.390 e. The van der Waals surface area contributed by atoms with E-state index < -0.39 is 16.1 Å². The Hall–Kier alpha value is -0.140. The van der Waals surface area contributed by atoms with Gasteiger partial charge in [-0.1, -0.05) is 11.6 Å². The van der Waals surface area contributed by atoms with E-state index in [1.54, 1.807) is 6.07 Å². The average Bonchev–Trinajstić information content (AvgIpc) is 2.46. The molecule has 2 heterocycles. The van der Waals surface area contributed by atoms with E-state index in [-0.39, 0.29) is 17.3 Å². The van der Waals surface area contributed by atoms with Crippen LogP contribution in [0.5, 0.6) is 0 Å². The SMILES string of the molecule is O=S(=O)(c1ccc(Cl)s1)N1CC(O)C1. The minimum atomic E-state index is -3.41. The Bertz CT molecular complexity index is 436. The van der Waals surface area contributed by atoms with Gasteiger partial charge in [0.15, 0.2) is 0 Å². The van der Waals surface area contributed by atoms with Crippen LogP contribution in [-0.4, -0.2) is 37.0 Å². The Kier molecular flexibility index (Phi) is 2.57. The fourth-order valence-electron chi connectivity index (χ4n) is 1.18. The summed E-state index contributed by atoms with van der Waals surface area (Å²) in [5, 5.41) is 9.01. The van der Waals surface area contributed by atoms with E-state index in [1.165, 1.54) is 10.4 Å². The van der Waals surface area contributed by atoms with Crippen molar-refractivity contribution in [3.05, 3.63) is 16.5 Å². The summed E-state index contributed by atoms with van der Waals surface area (Å²) in [5.74, 6) is 0. The van der Waals surface area contributed by atoms with Gasteiger partial charge in [-0.25, -0.2) is 8.42 Å². The molecule has 1 aromatic heterocycles. The molecule has 1 aliphatic heterocycles. The molecule has 0 atom stereocenters. The smallest absolute Gasteiger partial charge is 0.252 e. The fraction of sp³-hybridized carbons (Fsp3) is 0.429. The highest BCUT2D eigenvalue weighted by atomic mass is 35.5. The Balaban J connectivity index is 2.25. The topological polar surface area (TPSA) is 57.6 Å². The molecule has 0 spiro atoms. The molecule has 0 amide bonds. The number of nitrogens with zero attached hydrogens (tertiary/aromatic N) is 1. The lowest BCUT2D eigenvalue weighted by atomic mass is 10.2. The van der Waals surface area contributed by atoms with E-state index in [2.05, 4.69) is 0 Å². The number of sulfonamides is 1. The molecule has 0 bridgehead atoms. The summed E-state index contributed by atoms with van der Waals surface area (Å²) in [5.41, 5.74) is 0. The number of hydrogen-bond donors (Lipinski definition) is 1. The molecule has 0 unspecified atom stereocenters. The van der Waals surface area contributed by atoms with Crippen LogP contribution in [0.3, 0.4) is 0 Å². The number of rotatable bonds is 2. The zero-order chi connectivity index (χ0) is 10.3. The van der Waals surface area contributed by atoms with Crippen LogP contribution in [-0.2, 0) is 10.0 Å². The van der Waals surface area contributed by atoms with Crippen molar-refractivity contribution in [2.24, 2.45) is 0 Å². The number of aliphatic hydroxyl groups is 1. The number of thiophene rings is 1. The Labute approximate surface area is 90.8 Å². The second kappa shape index (κ2) is 3.46.